The van der Waals surface area contributed by atoms with Crippen LogP contribution in [0.15, 0.2) is 30.5 Å². The molecule has 1 aromatic heterocycles. The first kappa shape index (κ1) is 12.2. The molecule has 1 aromatic carbocycles. The molecule has 1 atom stereocenters. The summed E-state index contributed by atoms with van der Waals surface area (Å²) in [5, 5.41) is 1.00. The van der Waals surface area contributed by atoms with Gasteiger partial charge in [0.2, 0.25) is 0 Å². The number of likely N-dealkylation sites (tertiary alicyclic amines) is 1. The fourth-order valence-corrected chi connectivity index (χ4v) is 2.83. The van der Waals surface area contributed by atoms with Crippen LogP contribution in [0.1, 0.15) is 16.8 Å². The molecule has 3 rings (SSSR count). The second-order valence-electron chi connectivity index (χ2n) is 5.11. The van der Waals surface area contributed by atoms with Gasteiger partial charge in [-0.25, -0.2) is 0 Å². The number of H-pyrrole nitrogens is 1. The first-order chi connectivity index (χ1) is 9.29. The molecule has 4 nitrogen and oxygen atoms in total. The van der Waals surface area contributed by atoms with Crippen LogP contribution in [0.3, 0.4) is 0 Å². The number of fused-ring (bicyclic) bond motifs is 1. The number of hydrogen-bond acceptors (Lipinski definition) is 2. The Hall–Kier alpha value is -1.81. The summed E-state index contributed by atoms with van der Waals surface area (Å²) in [4.78, 5) is 17.7. The zero-order chi connectivity index (χ0) is 13.2. The van der Waals surface area contributed by atoms with Gasteiger partial charge in [0.05, 0.1) is 6.61 Å². The first-order valence-corrected chi connectivity index (χ1v) is 6.64. The number of nitrogens with one attached hydrogen (secondary N) is 1. The summed E-state index contributed by atoms with van der Waals surface area (Å²) >= 11 is 0. The van der Waals surface area contributed by atoms with Gasteiger partial charge in [-0.05, 0) is 24.6 Å². The fourth-order valence-electron chi connectivity index (χ4n) is 2.83. The highest BCUT2D eigenvalue weighted by Crippen LogP contribution is 2.23. The molecule has 1 N–H and O–H groups in total. The minimum absolute atomic E-state index is 0.129. The molecule has 1 saturated heterocycles. The molecule has 1 unspecified atom stereocenters. The summed E-state index contributed by atoms with van der Waals surface area (Å²) in [6.45, 7) is 2.36. The molecular weight excluding hydrogens is 240 g/mol. The third kappa shape index (κ3) is 2.24. The van der Waals surface area contributed by atoms with Crippen LogP contribution in [0.5, 0.6) is 0 Å². The predicted molar refractivity (Wildman–Crippen MR) is 74.2 cm³/mol. The Morgan fingerprint density at radius 1 is 1.47 bits per heavy atom. The van der Waals surface area contributed by atoms with Crippen LogP contribution in [0.25, 0.3) is 10.9 Å². The molecule has 1 aliphatic heterocycles. The molecule has 0 radical (unpaired) electrons. The lowest BCUT2D eigenvalue weighted by Crippen LogP contribution is -2.29. The molecule has 0 spiro atoms. The van der Waals surface area contributed by atoms with Gasteiger partial charge in [-0.2, -0.15) is 0 Å². The van der Waals surface area contributed by atoms with Crippen molar-refractivity contribution in [3.63, 3.8) is 0 Å². The number of carbonyl (C=O) groups excluding carboxylic acids is 1. The quantitative estimate of drug-likeness (QED) is 0.918. The molecule has 100 valence electrons. The van der Waals surface area contributed by atoms with Gasteiger partial charge in [0.15, 0.2) is 0 Å². The number of methoxy groups -OCH3 is 1. The normalized spacial score (nSPS) is 19.2. The first-order valence-electron chi connectivity index (χ1n) is 6.64. The third-order valence-electron chi connectivity index (χ3n) is 3.80. The highest BCUT2D eigenvalue weighted by Gasteiger charge is 2.27. The smallest absolute Gasteiger partial charge is 0.254 e. The summed E-state index contributed by atoms with van der Waals surface area (Å²) in [5.74, 6) is 0.600. The lowest BCUT2D eigenvalue weighted by Gasteiger charge is -2.17. The van der Waals surface area contributed by atoms with Gasteiger partial charge in [0, 0.05) is 48.8 Å². The number of ether oxygens (including phenoxy) is 1. The maximum Gasteiger partial charge on any atom is 0.254 e. The van der Waals surface area contributed by atoms with Crippen molar-refractivity contribution in [3.05, 3.63) is 36.0 Å². The average molecular weight is 258 g/mol. The van der Waals surface area contributed by atoms with E-state index in [1.54, 1.807) is 7.11 Å². The molecule has 0 aliphatic carbocycles. The minimum Gasteiger partial charge on any atom is -0.384 e. The molecule has 1 aliphatic rings. The summed E-state index contributed by atoms with van der Waals surface area (Å²) in [6, 6.07) is 7.78. The predicted octanol–water partition coefficient (Wildman–Crippen LogP) is 2.28. The SMILES string of the molecule is COCC1CCN(C(=O)c2cccc3[nH]ccc23)C1. The van der Waals surface area contributed by atoms with Gasteiger partial charge in [0.25, 0.3) is 5.91 Å². The number of rotatable bonds is 3. The Morgan fingerprint density at radius 2 is 2.37 bits per heavy atom. The lowest BCUT2D eigenvalue weighted by molar-refractivity contribution is 0.0777. The van der Waals surface area contributed by atoms with Crippen LogP contribution < -0.4 is 0 Å². The average Bonchev–Trinajstić information content (AvgIpc) is 3.06. The van der Waals surface area contributed by atoms with Gasteiger partial charge in [0.1, 0.15) is 0 Å². The lowest BCUT2D eigenvalue weighted by atomic mass is 10.1. The van der Waals surface area contributed by atoms with Crippen molar-refractivity contribution >= 4 is 16.8 Å². The van der Waals surface area contributed by atoms with E-state index in [0.29, 0.717) is 5.92 Å². The van der Waals surface area contributed by atoms with Crippen molar-refractivity contribution in [2.24, 2.45) is 5.92 Å². The molecule has 1 amide bonds. The Kier molecular flexibility index (Phi) is 3.25. The number of aromatic amines is 1. The van der Waals surface area contributed by atoms with E-state index in [4.69, 9.17) is 4.74 Å². The van der Waals surface area contributed by atoms with Crippen LogP contribution in [0, 0.1) is 5.92 Å². The number of hydrogen-bond donors (Lipinski definition) is 1. The van der Waals surface area contributed by atoms with E-state index in [2.05, 4.69) is 4.98 Å². The van der Waals surface area contributed by atoms with Crippen LogP contribution in [0.2, 0.25) is 0 Å². The second-order valence-corrected chi connectivity index (χ2v) is 5.11. The maximum absolute atomic E-state index is 12.6. The molecule has 1 fully saturated rings. The summed E-state index contributed by atoms with van der Waals surface area (Å²) in [6.07, 6.45) is 2.90. The van der Waals surface area contributed by atoms with Crippen LogP contribution >= 0.6 is 0 Å². The molecule has 4 heteroatoms. The van der Waals surface area contributed by atoms with Crippen molar-refractivity contribution in [2.45, 2.75) is 6.42 Å². The molecule has 2 aromatic rings. The summed E-state index contributed by atoms with van der Waals surface area (Å²) in [7, 11) is 1.71. The molecule has 0 saturated carbocycles. The van der Waals surface area contributed by atoms with Crippen molar-refractivity contribution in [1.29, 1.82) is 0 Å². The van der Waals surface area contributed by atoms with E-state index in [1.807, 2.05) is 35.4 Å². The van der Waals surface area contributed by atoms with Crippen molar-refractivity contribution in [3.8, 4) is 0 Å². The molecule has 19 heavy (non-hydrogen) atoms. The van der Waals surface area contributed by atoms with Crippen molar-refractivity contribution in [1.82, 2.24) is 9.88 Å². The summed E-state index contributed by atoms with van der Waals surface area (Å²) < 4.78 is 5.17. The standard InChI is InChI=1S/C15H18N2O2/c1-19-10-11-6-8-17(9-11)15(18)13-3-2-4-14-12(13)5-7-16-14/h2-5,7,11,16H,6,8-10H2,1H3. The largest absolute Gasteiger partial charge is 0.384 e. The fraction of sp³-hybridized carbons (Fsp3) is 0.400. The van der Waals surface area contributed by atoms with Crippen LogP contribution in [-0.4, -0.2) is 42.6 Å². The minimum atomic E-state index is 0.129. The summed E-state index contributed by atoms with van der Waals surface area (Å²) in [5.41, 5.74) is 1.80. The van der Waals surface area contributed by atoms with Gasteiger partial charge in [-0.1, -0.05) is 6.07 Å². The van der Waals surface area contributed by atoms with E-state index in [9.17, 15) is 4.79 Å². The molecule has 2 heterocycles. The van der Waals surface area contributed by atoms with E-state index >= 15 is 0 Å². The van der Waals surface area contributed by atoms with Gasteiger partial charge < -0.3 is 14.6 Å². The monoisotopic (exact) mass is 258 g/mol. The van der Waals surface area contributed by atoms with E-state index < -0.39 is 0 Å². The number of benzene rings is 1. The Morgan fingerprint density at radius 3 is 3.21 bits per heavy atom. The van der Waals surface area contributed by atoms with Crippen LogP contribution in [0.4, 0.5) is 0 Å². The Balaban J connectivity index is 1.83. The highest BCUT2D eigenvalue weighted by molar-refractivity contribution is 6.06. The van der Waals surface area contributed by atoms with Crippen molar-refractivity contribution in [2.75, 3.05) is 26.8 Å². The van der Waals surface area contributed by atoms with Crippen LogP contribution in [-0.2, 0) is 4.74 Å². The number of nitrogens with zero attached hydrogens (tertiary/aromatic N) is 1. The second kappa shape index (κ2) is 5.05. The van der Waals surface area contributed by atoms with Gasteiger partial charge >= 0.3 is 0 Å². The number of amides is 1. The number of aromatic nitrogens is 1. The van der Waals surface area contributed by atoms with Gasteiger partial charge in [-0.3, -0.25) is 4.79 Å². The Labute approximate surface area is 112 Å². The number of carbonyl (C=O) groups is 1. The third-order valence-corrected chi connectivity index (χ3v) is 3.80. The highest BCUT2D eigenvalue weighted by atomic mass is 16.5. The van der Waals surface area contributed by atoms with Crippen molar-refractivity contribution < 1.29 is 9.53 Å². The maximum atomic E-state index is 12.6. The van der Waals surface area contributed by atoms with E-state index in [-0.39, 0.29) is 5.91 Å². The zero-order valence-electron chi connectivity index (χ0n) is 11.1. The van der Waals surface area contributed by atoms with E-state index in [0.717, 1.165) is 42.6 Å². The Bertz CT molecular complexity index is 591. The van der Waals surface area contributed by atoms with E-state index in [1.165, 1.54) is 0 Å². The van der Waals surface area contributed by atoms with Gasteiger partial charge in [-0.15, -0.1) is 0 Å². The molecular formula is C15H18N2O2. The topological polar surface area (TPSA) is 45.3 Å². The zero-order valence-corrected chi connectivity index (χ0v) is 11.1. The molecule has 0 bridgehead atoms.